The third-order valence-corrected chi connectivity index (χ3v) is 3.94. The largest absolute Gasteiger partial charge is 0.378 e. The van der Waals surface area contributed by atoms with Crippen LogP contribution in [0.2, 0.25) is 0 Å². The van der Waals surface area contributed by atoms with E-state index in [1.165, 1.54) is 6.07 Å². The van der Waals surface area contributed by atoms with Gasteiger partial charge in [-0.1, -0.05) is 34.1 Å². The fourth-order valence-electron chi connectivity index (χ4n) is 2.39. The Kier molecular flexibility index (Phi) is 5.01. The molecule has 21 heavy (non-hydrogen) atoms. The van der Waals surface area contributed by atoms with Gasteiger partial charge in [0.2, 0.25) is 0 Å². The molecule has 0 heterocycles. The molecular weight excluding hydrogens is 331 g/mol. The van der Waals surface area contributed by atoms with E-state index in [2.05, 4.69) is 27.3 Å². The summed E-state index contributed by atoms with van der Waals surface area (Å²) in [6.07, 6.45) is 0.529. The number of hydrogen-bond donors (Lipinski definition) is 2. The zero-order valence-corrected chi connectivity index (χ0v) is 13.9. The van der Waals surface area contributed by atoms with E-state index in [0.717, 1.165) is 15.7 Å². The van der Waals surface area contributed by atoms with Crippen molar-refractivity contribution in [2.24, 2.45) is 5.73 Å². The molecule has 4 heteroatoms. The fourth-order valence-corrected chi connectivity index (χ4v) is 2.99. The minimum absolute atomic E-state index is 0.190. The van der Waals surface area contributed by atoms with Crippen LogP contribution in [0.15, 0.2) is 46.9 Å². The Balaban J connectivity index is 2.23. The molecule has 0 radical (unpaired) electrons. The minimum atomic E-state index is -0.407. The molecule has 0 amide bonds. The monoisotopic (exact) mass is 350 g/mol. The Morgan fingerprint density at radius 3 is 2.57 bits per heavy atom. The number of rotatable bonds is 5. The van der Waals surface area contributed by atoms with Crippen LogP contribution < -0.4 is 11.1 Å². The molecular formula is C17H20BrFN2. The van der Waals surface area contributed by atoms with Gasteiger partial charge in [0, 0.05) is 16.7 Å². The second-order valence-electron chi connectivity index (χ2n) is 5.68. The van der Waals surface area contributed by atoms with Gasteiger partial charge in [-0.3, -0.25) is 0 Å². The van der Waals surface area contributed by atoms with Crippen molar-refractivity contribution in [1.82, 2.24) is 0 Å². The van der Waals surface area contributed by atoms with Crippen LogP contribution in [0.5, 0.6) is 0 Å². The van der Waals surface area contributed by atoms with Gasteiger partial charge in [0.15, 0.2) is 0 Å². The summed E-state index contributed by atoms with van der Waals surface area (Å²) in [5.41, 5.74) is 8.32. The second kappa shape index (κ2) is 6.58. The molecule has 112 valence electrons. The van der Waals surface area contributed by atoms with E-state index in [4.69, 9.17) is 5.73 Å². The molecule has 0 saturated heterocycles. The van der Waals surface area contributed by atoms with E-state index in [1.807, 2.05) is 32.0 Å². The molecule has 0 aliphatic rings. The quantitative estimate of drug-likeness (QED) is 0.844. The molecule has 3 N–H and O–H groups in total. The molecule has 0 aromatic heterocycles. The van der Waals surface area contributed by atoms with Crippen molar-refractivity contribution in [2.45, 2.75) is 25.8 Å². The average molecular weight is 351 g/mol. The maximum absolute atomic E-state index is 13.8. The number of halogens is 2. The van der Waals surface area contributed by atoms with Gasteiger partial charge >= 0.3 is 0 Å². The third kappa shape index (κ3) is 4.29. The smallest absolute Gasteiger partial charge is 0.126 e. The second-order valence-corrected chi connectivity index (χ2v) is 6.59. The van der Waals surface area contributed by atoms with Gasteiger partial charge in [0.25, 0.3) is 0 Å². The van der Waals surface area contributed by atoms with Crippen LogP contribution in [0.3, 0.4) is 0 Å². The zero-order valence-electron chi connectivity index (χ0n) is 12.3. The Morgan fingerprint density at radius 2 is 1.95 bits per heavy atom. The zero-order chi connectivity index (χ0) is 15.5. The molecule has 0 aliphatic heterocycles. The Hall–Kier alpha value is -1.39. The standard InChI is InChI=1S/C17H20BrFN2/c1-12-7-14(18)9-15(8-12)21-17(2,11-20)10-13-5-3-4-6-16(13)19/h3-9,21H,10-11,20H2,1-2H3. The first-order valence-electron chi connectivity index (χ1n) is 6.91. The van der Waals surface area contributed by atoms with Crippen molar-refractivity contribution in [2.75, 3.05) is 11.9 Å². The summed E-state index contributed by atoms with van der Waals surface area (Å²) < 4.78 is 14.9. The fraction of sp³-hybridized carbons (Fsp3) is 0.294. The van der Waals surface area contributed by atoms with Crippen LogP contribution in [0.1, 0.15) is 18.1 Å². The Bertz CT molecular complexity index is 610. The van der Waals surface area contributed by atoms with Gasteiger partial charge < -0.3 is 11.1 Å². The summed E-state index contributed by atoms with van der Waals surface area (Å²) in [5.74, 6) is -0.190. The van der Waals surface area contributed by atoms with Crippen LogP contribution in [-0.4, -0.2) is 12.1 Å². The van der Waals surface area contributed by atoms with Gasteiger partial charge in [-0.15, -0.1) is 0 Å². The van der Waals surface area contributed by atoms with Gasteiger partial charge in [0.1, 0.15) is 5.82 Å². The predicted octanol–water partition coefficient (Wildman–Crippen LogP) is 4.27. The number of nitrogens with one attached hydrogen (secondary N) is 1. The molecule has 1 unspecified atom stereocenters. The highest BCUT2D eigenvalue weighted by molar-refractivity contribution is 9.10. The highest BCUT2D eigenvalue weighted by atomic mass is 79.9. The molecule has 0 aliphatic carbocycles. The molecule has 2 nitrogen and oxygen atoms in total. The molecule has 1 atom stereocenters. The first-order chi connectivity index (χ1) is 9.92. The van der Waals surface area contributed by atoms with E-state index in [0.29, 0.717) is 18.5 Å². The number of benzene rings is 2. The van der Waals surface area contributed by atoms with Crippen LogP contribution in [0.4, 0.5) is 10.1 Å². The normalized spacial score (nSPS) is 13.8. The topological polar surface area (TPSA) is 38.0 Å². The highest BCUT2D eigenvalue weighted by Gasteiger charge is 2.24. The summed E-state index contributed by atoms with van der Waals surface area (Å²) in [4.78, 5) is 0. The SMILES string of the molecule is Cc1cc(Br)cc(NC(C)(CN)Cc2ccccc2F)c1. The summed E-state index contributed by atoms with van der Waals surface area (Å²) in [6.45, 7) is 4.45. The highest BCUT2D eigenvalue weighted by Crippen LogP contribution is 2.24. The average Bonchev–Trinajstić information content (AvgIpc) is 2.40. The van der Waals surface area contributed by atoms with Crippen molar-refractivity contribution in [3.8, 4) is 0 Å². The number of hydrogen-bond acceptors (Lipinski definition) is 2. The lowest BCUT2D eigenvalue weighted by atomic mass is 9.92. The predicted molar refractivity (Wildman–Crippen MR) is 90.1 cm³/mol. The maximum Gasteiger partial charge on any atom is 0.126 e. The molecule has 0 saturated carbocycles. The van der Waals surface area contributed by atoms with E-state index in [-0.39, 0.29) is 5.82 Å². The van der Waals surface area contributed by atoms with Gasteiger partial charge in [-0.2, -0.15) is 0 Å². The minimum Gasteiger partial charge on any atom is -0.378 e. The first kappa shape index (κ1) is 16.0. The maximum atomic E-state index is 13.8. The summed E-state index contributed by atoms with van der Waals surface area (Å²) >= 11 is 3.49. The molecule has 2 aromatic rings. The van der Waals surface area contributed by atoms with Gasteiger partial charge in [-0.05, 0) is 55.7 Å². The summed E-state index contributed by atoms with van der Waals surface area (Å²) in [5, 5.41) is 3.44. The molecule has 2 aromatic carbocycles. The van der Waals surface area contributed by atoms with Crippen LogP contribution in [0, 0.1) is 12.7 Å². The molecule has 0 fully saturated rings. The summed E-state index contributed by atoms with van der Waals surface area (Å²) in [6, 6.07) is 12.9. The van der Waals surface area contributed by atoms with Crippen LogP contribution >= 0.6 is 15.9 Å². The summed E-state index contributed by atoms with van der Waals surface area (Å²) in [7, 11) is 0. The van der Waals surface area contributed by atoms with E-state index >= 15 is 0 Å². The third-order valence-electron chi connectivity index (χ3n) is 3.48. The van der Waals surface area contributed by atoms with E-state index < -0.39 is 5.54 Å². The van der Waals surface area contributed by atoms with Crippen molar-refractivity contribution < 1.29 is 4.39 Å². The molecule has 0 spiro atoms. The van der Waals surface area contributed by atoms with E-state index in [9.17, 15) is 4.39 Å². The van der Waals surface area contributed by atoms with Crippen molar-refractivity contribution >= 4 is 21.6 Å². The van der Waals surface area contributed by atoms with Crippen molar-refractivity contribution in [3.63, 3.8) is 0 Å². The Morgan fingerprint density at radius 1 is 1.24 bits per heavy atom. The number of nitrogens with two attached hydrogens (primary N) is 1. The number of anilines is 1. The van der Waals surface area contributed by atoms with Crippen LogP contribution in [0.25, 0.3) is 0 Å². The number of aryl methyl sites for hydroxylation is 1. The molecule has 2 rings (SSSR count). The van der Waals surface area contributed by atoms with Crippen LogP contribution in [-0.2, 0) is 6.42 Å². The van der Waals surface area contributed by atoms with Gasteiger partial charge in [-0.25, -0.2) is 4.39 Å². The van der Waals surface area contributed by atoms with Crippen molar-refractivity contribution in [3.05, 3.63) is 63.9 Å². The Labute approximate surface area is 133 Å². The molecule has 0 bridgehead atoms. The lowest BCUT2D eigenvalue weighted by Gasteiger charge is -2.31. The lowest BCUT2D eigenvalue weighted by molar-refractivity contribution is 0.501. The van der Waals surface area contributed by atoms with Crippen molar-refractivity contribution in [1.29, 1.82) is 0 Å². The lowest BCUT2D eigenvalue weighted by Crippen LogP contribution is -2.44. The van der Waals surface area contributed by atoms with Gasteiger partial charge in [0.05, 0.1) is 5.54 Å². The van der Waals surface area contributed by atoms with E-state index in [1.54, 1.807) is 12.1 Å². The first-order valence-corrected chi connectivity index (χ1v) is 7.70.